The van der Waals surface area contributed by atoms with Crippen LogP contribution in [0.3, 0.4) is 0 Å². The maximum atomic E-state index is 12.4. The number of ether oxygens (including phenoxy) is 2. The lowest BCUT2D eigenvalue weighted by atomic mass is 10.2. The SMILES string of the molecule is COc1ccc(NCCn2c(C)c(C)n3c4c(=O)[nH]c(=O)n(C)c4nc23)c(OC)c1. The number of methoxy groups -OCH3 is 2. The van der Waals surface area contributed by atoms with Crippen molar-refractivity contribution in [1.29, 1.82) is 0 Å². The number of fused-ring (bicyclic) bond motifs is 3. The summed E-state index contributed by atoms with van der Waals surface area (Å²) in [5, 5.41) is 3.37. The van der Waals surface area contributed by atoms with Gasteiger partial charge in [0.2, 0.25) is 5.78 Å². The van der Waals surface area contributed by atoms with Gasteiger partial charge in [-0.2, -0.15) is 4.98 Å². The lowest BCUT2D eigenvalue weighted by Gasteiger charge is -2.13. The number of hydrogen-bond donors (Lipinski definition) is 2. The Kier molecular flexibility index (Phi) is 4.76. The predicted molar refractivity (Wildman–Crippen MR) is 114 cm³/mol. The van der Waals surface area contributed by atoms with Gasteiger partial charge in [-0.15, -0.1) is 0 Å². The van der Waals surface area contributed by atoms with Crippen LogP contribution < -0.4 is 26.0 Å². The molecule has 4 rings (SSSR count). The Morgan fingerprint density at radius 1 is 1.13 bits per heavy atom. The molecule has 4 aromatic rings. The smallest absolute Gasteiger partial charge is 0.329 e. The number of benzene rings is 1. The molecule has 10 heteroatoms. The maximum absolute atomic E-state index is 12.4. The number of H-pyrrole nitrogens is 1. The van der Waals surface area contributed by atoms with Gasteiger partial charge < -0.3 is 19.4 Å². The van der Waals surface area contributed by atoms with E-state index in [0.717, 1.165) is 22.8 Å². The zero-order chi connectivity index (χ0) is 21.6. The molecule has 0 aliphatic rings. The Bertz CT molecular complexity index is 1370. The van der Waals surface area contributed by atoms with Crippen molar-refractivity contribution in [3.8, 4) is 11.5 Å². The summed E-state index contributed by atoms with van der Waals surface area (Å²) in [6.45, 7) is 5.13. The summed E-state index contributed by atoms with van der Waals surface area (Å²) >= 11 is 0. The average Bonchev–Trinajstić information content (AvgIpc) is 3.24. The number of aryl methyl sites for hydroxylation is 2. The van der Waals surface area contributed by atoms with Crippen molar-refractivity contribution >= 4 is 22.6 Å². The molecular weight excluding hydrogens is 388 g/mol. The molecule has 1 aromatic carbocycles. The molecule has 0 aliphatic carbocycles. The summed E-state index contributed by atoms with van der Waals surface area (Å²) in [7, 11) is 4.82. The van der Waals surface area contributed by atoms with Gasteiger partial charge in [0.1, 0.15) is 11.5 Å². The first-order chi connectivity index (χ1) is 14.4. The number of hydrogen-bond acceptors (Lipinski definition) is 6. The van der Waals surface area contributed by atoms with Crippen LogP contribution in [0.4, 0.5) is 5.69 Å². The standard InChI is InChI=1S/C20H24N6O4/c1-11-12(2)26-16-17(24(3)20(28)23-18(16)27)22-19(26)25(11)9-8-21-14-7-6-13(29-4)10-15(14)30-5/h6-7,10,21H,8-9H2,1-5H3,(H,23,27,28). The second-order valence-electron chi connectivity index (χ2n) is 7.05. The van der Waals surface area contributed by atoms with E-state index in [1.54, 1.807) is 25.7 Å². The molecular formula is C20H24N6O4. The second-order valence-corrected chi connectivity index (χ2v) is 7.05. The molecule has 30 heavy (non-hydrogen) atoms. The Morgan fingerprint density at radius 3 is 2.60 bits per heavy atom. The van der Waals surface area contributed by atoms with Crippen LogP contribution in [0.5, 0.6) is 11.5 Å². The maximum Gasteiger partial charge on any atom is 0.329 e. The van der Waals surface area contributed by atoms with E-state index in [1.807, 2.05) is 36.6 Å². The number of aromatic amines is 1. The van der Waals surface area contributed by atoms with Crippen LogP contribution in [-0.2, 0) is 13.6 Å². The van der Waals surface area contributed by atoms with E-state index in [1.165, 1.54) is 4.57 Å². The zero-order valence-electron chi connectivity index (χ0n) is 17.6. The fourth-order valence-corrected chi connectivity index (χ4v) is 3.69. The Morgan fingerprint density at radius 2 is 1.90 bits per heavy atom. The fraction of sp³-hybridized carbons (Fsp3) is 0.350. The van der Waals surface area contributed by atoms with Crippen LogP contribution in [0.2, 0.25) is 0 Å². The summed E-state index contributed by atoms with van der Waals surface area (Å²) in [6, 6.07) is 5.59. The van der Waals surface area contributed by atoms with E-state index < -0.39 is 11.2 Å². The van der Waals surface area contributed by atoms with Crippen LogP contribution in [0.1, 0.15) is 11.4 Å². The number of rotatable bonds is 6. The molecule has 0 fully saturated rings. The van der Waals surface area contributed by atoms with Gasteiger partial charge in [-0.05, 0) is 26.0 Å². The Labute approximate surface area is 171 Å². The quantitative estimate of drug-likeness (QED) is 0.496. The van der Waals surface area contributed by atoms with E-state index in [-0.39, 0.29) is 0 Å². The summed E-state index contributed by atoms with van der Waals surface area (Å²) in [5.74, 6) is 2.03. The van der Waals surface area contributed by atoms with Crippen molar-refractivity contribution < 1.29 is 9.47 Å². The molecule has 0 amide bonds. The Hall–Kier alpha value is -3.69. The van der Waals surface area contributed by atoms with E-state index in [9.17, 15) is 9.59 Å². The minimum atomic E-state index is -0.484. The molecule has 10 nitrogen and oxygen atoms in total. The minimum Gasteiger partial charge on any atom is -0.497 e. The molecule has 158 valence electrons. The van der Waals surface area contributed by atoms with Crippen molar-refractivity contribution in [1.82, 2.24) is 23.5 Å². The van der Waals surface area contributed by atoms with Crippen molar-refractivity contribution in [2.75, 3.05) is 26.1 Å². The third kappa shape index (κ3) is 2.92. The highest BCUT2D eigenvalue weighted by Gasteiger charge is 2.20. The number of nitrogens with zero attached hydrogens (tertiary/aromatic N) is 4. The summed E-state index contributed by atoms with van der Waals surface area (Å²) in [5.41, 5.74) is 2.55. The molecule has 0 saturated heterocycles. The topological polar surface area (TPSA) is 108 Å². The lowest BCUT2D eigenvalue weighted by molar-refractivity contribution is 0.395. The third-order valence-electron chi connectivity index (χ3n) is 5.46. The van der Waals surface area contributed by atoms with Crippen LogP contribution >= 0.6 is 0 Å². The van der Waals surface area contributed by atoms with Crippen molar-refractivity contribution in [2.45, 2.75) is 20.4 Å². The van der Waals surface area contributed by atoms with Crippen molar-refractivity contribution in [3.63, 3.8) is 0 Å². The molecule has 3 aromatic heterocycles. The predicted octanol–water partition coefficient (Wildman–Crippen LogP) is 1.42. The van der Waals surface area contributed by atoms with Gasteiger partial charge in [-0.3, -0.25) is 18.7 Å². The molecule has 2 N–H and O–H groups in total. The van der Waals surface area contributed by atoms with E-state index >= 15 is 0 Å². The highest BCUT2D eigenvalue weighted by molar-refractivity contribution is 5.76. The first-order valence-corrected chi connectivity index (χ1v) is 9.50. The van der Waals surface area contributed by atoms with Gasteiger partial charge >= 0.3 is 5.69 Å². The number of anilines is 1. The third-order valence-corrected chi connectivity index (χ3v) is 5.46. The molecule has 0 bridgehead atoms. The van der Waals surface area contributed by atoms with Crippen molar-refractivity contribution in [2.24, 2.45) is 7.05 Å². The molecule has 3 heterocycles. The summed E-state index contributed by atoms with van der Waals surface area (Å²) in [4.78, 5) is 31.3. The van der Waals surface area contributed by atoms with Crippen LogP contribution in [0.25, 0.3) is 16.9 Å². The number of nitrogens with one attached hydrogen (secondary N) is 2. The molecule has 0 saturated carbocycles. The van der Waals surface area contributed by atoms with Gasteiger partial charge in [0.25, 0.3) is 5.56 Å². The number of aromatic nitrogens is 5. The van der Waals surface area contributed by atoms with Crippen LogP contribution in [0, 0.1) is 13.8 Å². The van der Waals surface area contributed by atoms with E-state index in [0.29, 0.717) is 35.8 Å². The average molecular weight is 412 g/mol. The monoisotopic (exact) mass is 412 g/mol. The number of imidazole rings is 2. The fourth-order valence-electron chi connectivity index (χ4n) is 3.69. The van der Waals surface area contributed by atoms with E-state index in [4.69, 9.17) is 9.47 Å². The summed E-state index contributed by atoms with van der Waals surface area (Å²) in [6.07, 6.45) is 0. The second kappa shape index (κ2) is 7.29. The summed E-state index contributed by atoms with van der Waals surface area (Å²) < 4.78 is 15.8. The molecule has 0 aliphatic heterocycles. The van der Waals surface area contributed by atoms with Crippen LogP contribution in [0.15, 0.2) is 27.8 Å². The first-order valence-electron chi connectivity index (χ1n) is 9.50. The Balaban J connectivity index is 1.70. The largest absolute Gasteiger partial charge is 0.497 e. The molecule has 0 unspecified atom stereocenters. The molecule has 0 spiro atoms. The van der Waals surface area contributed by atoms with Crippen LogP contribution in [-0.4, -0.2) is 44.3 Å². The van der Waals surface area contributed by atoms with Gasteiger partial charge in [0.05, 0.1) is 19.9 Å². The zero-order valence-corrected chi connectivity index (χ0v) is 17.6. The van der Waals surface area contributed by atoms with Crippen molar-refractivity contribution in [3.05, 3.63) is 50.4 Å². The van der Waals surface area contributed by atoms with Gasteiger partial charge in [0.15, 0.2) is 11.2 Å². The lowest BCUT2D eigenvalue weighted by Crippen LogP contribution is -2.28. The first kappa shape index (κ1) is 19.6. The minimum absolute atomic E-state index is 0.361. The molecule has 0 atom stereocenters. The highest BCUT2D eigenvalue weighted by atomic mass is 16.5. The van der Waals surface area contributed by atoms with Gasteiger partial charge in [0, 0.05) is 37.6 Å². The normalized spacial score (nSPS) is 11.4. The van der Waals surface area contributed by atoms with Gasteiger partial charge in [-0.25, -0.2) is 4.79 Å². The highest BCUT2D eigenvalue weighted by Crippen LogP contribution is 2.29. The molecule has 0 radical (unpaired) electrons. The van der Waals surface area contributed by atoms with E-state index in [2.05, 4.69) is 15.3 Å². The van der Waals surface area contributed by atoms with Gasteiger partial charge in [-0.1, -0.05) is 0 Å².